The molecule has 1 atom stereocenters. The average molecular weight is 230 g/mol. The summed E-state index contributed by atoms with van der Waals surface area (Å²) in [7, 11) is 1.49. The van der Waals surface area contributed by atoms with Gasteiger partial charge in [-0.15, -0.1) is 0 Å². The molecule has 1 fully saturated rings. The largest absolute Gasteiger partial charge is 0.465 e. The number of methoxy groups -OCH3 is 1. The number of nitrogens with one attached hydrogen (secondary N) is 1. The minimum atomic E-state index is -0.941. The maximum atomic E-state index is 11.4. The summed E-state index contributed by atoms with van der Waals surface area (Å²) in [6.45, 7) is 0.691. The highest BCUT2D eigenvalue weighted by Gasteiger charge is 2.27. The molecule has 0 saturated carbocycles. The molecule has 16 heavy (non-hydrogen) atoms. The highest BCUT2D eigenvalue weighted by molar-refractivity contribution is 5.77. The Bertz CT molecular complexity index is 257. The molecule has 0 radical (unpaired) electrons. The minimum absolute atomic E-state index is 0.165. The summed E-state index contributed by atoms with van der Waals surface area (Å²) in [6.07, 6.45) is 1.89. The summed E-state index contributed by atoms with van der Waals surface area (Å²) in [5, 5.41) is 11.5. The quantitative estimate of drug-likeness (QED) is 0.694. The van der Waals surface area contributed by atoms with E-state index in [0.717, 1.165) is 19.3 Å². The van der Waals surface area contributed by atoms with Crippen LogP contribution in [0.15, 0.2) is 0 Å². The second-order valence-electron chi connectivity index (χ2n) is 3.86. The minimum Gasteiger partial charge on any atom is -0.465 e. The molecule has 92 valence electrons. The first-order chi connectivity index (χ1) is 7.65. The SMILES string of the molecule is COCNC(=O)CC1CCCCN1C(=O)O. The second-order valence-corrected chi connectivity index (χ2v) is 3.86. The van der Waals surface area contributed by atoms with Crippen molar-refractivity contribution in [1.29, 1.82) is 0 Å². The molecule has 1 heterocycles. The number of piperidine rings is 1. The summed E-state index contributed by atoms with van der Waals surface area (Å²) in [5.41, 5.74) is 0. The van der Waals surface area contributed by atoms with Gasteiger partial charge in [-0.3, -0.25) is 4.79 Å². The van der Waals surface area contributed by atoms with Crippen LogP contribution in [0.3, 0.4) is 0 Å². The van der Waals surface area contributed by atoms with Crippen molar-refractivity contribution >= 4 is 12.0 Å². The Morgan fingerprint density at radius 1 is 1.50 bits per heavy atom. The van der Waals surface area contributed by atoms with Crippen molar-refractivity contribution in [2.45, 2.75) is 31.7 Å². The van der Waals surface area contributed by atoms with Crippen molar-refractivity contribution in [2.24, 2.45) is 0 Å². The number of carbonyl (C=O) groups is 2. The topological polar surface area (TPSA) is 78.9 Å². The van der Waals surface area contributed by atoms with Crippen molar-refractivity contribution in [3.8, 4) is 0 Å². The van der Waals surface area contributed by atoms with Crippen LogP contribution in [0, 0.1) is 0 Å². The molecule has 1 saturated heterocycles. The van der Waals surface area contributed by atoms with Crippen molar-refractivity contribution in [2.75, 3.05) is 20.4 Å². The lowest BCUT2D eigenvalue weighted by Gasteiger charge is -2.33. The molecule has 1 unspecified atom stereocenters. The van der Waals surface area contributed by atoms with Crippen molar-refractivity contribution in [1.82, 2.24) is 10.2 Å². The number of ether oxygens (including phenoxy) is 1. The van der Waals surface area contributed by atoms with Crippen molar-refractivity contribution in [3.05, 3.63) is 0 Å². The summed E-state index contributed by atoms with van der Waals surface area (Å²) in [5.74, 6) is -0.167. The maximum absolute atomic E-state index is 11.4. The molecular formula is C10H18N2O4. The molecular weight excluding hydrogens is 212 g/mol. The lowest BCUT2D eigenvalue weighted by molar-refractivity contribution is -0.123. The number of carbonyl (C=O) groups excluding carboxylic acids is 1. The van der Waals surface area contributed by atoms with Gasteiger partial charge >= 0.3 is 6.09 Å². The Labute approximate surface area is 94.6 Å². The third kappa shape index (κ3) is 3.69. The summed E-state index contributed by atoms with van der Waals surface area (Å²) < 4.78 is 4.71. The number of carboxylic acid groups (broad SMARTS) is 1. The van der Waals surface area contributed by atoms with Crippen LogP contribution < -0.4 is 5.32 Å². The van der Waals surface area contributed by atoms with Crippen molar-refractivity contribution < 1.29 is 19.4 Å². The van der Waals surface area contributed by atoms with Crippen LogP contribution in [0.1, 0.15) is 25.7 Å². The number of nitrogens with zero attached hydrogens (tertiary/aromatic N) is 1. The third-order valence-electron chi connectivity index (χ3n) is 2.71. The van der Waals surface area contributed by atoms with Crippen LogP contribution in [0.2, 0.25) is 0 Å². The van der Waals surface area contributed by atoms with Crippen molar-refractivity contribution in [3.63, 3.8) is 0 Å². The van der Waals surface area contributed by atoms with Gasteiger partial charge in [0.25, 0.3) is 0 Å². The lowest BCUT2D eigenvalue weighted by Crippen LogP contribution is -2.45. The molecule has 0 aromatic rings. The van der Waals surface area contributed by atoms with Gasteiger partial charge in [0.15, 0.2) is 0 Å². The normalized spacial score (nSPS) is 20.6. The van der Waals surface area contributed by atoms with Gasteiger partial charge in [-0.1, -0.05) is 0 Å². The molecule has 0 spiro atoms. The summed E-state index contributed by atoms with van der Waals surface area (Å²) in [4.78, 5) is 23.7. The molecule has 1 aliphatic heterocycles. The summed E-state index contributed by atoms with van der Waals surface area (Å²) >= 11 is 0. The number of hydrogen-bond acceptors (Lipinski definition) is 3. The molecule has 0 bridgehead atoms. The molecule has 0 aromatic heterocycles. The smallest absolute Gasteiger partial charge is 0.407 e. The van der Waals surface area contributed by atoms with Crippen LogP contribution in [-0.2, 0) is 9.53 Å². The third-order valence-corrected chi connectivity index (χ3v) is 2.71. The van der Waals surface area contributed by atoms with Crippen LogP contribution in [0.4, 0.5) is 4.79 Å². The predicted molar refractivity (Wildman–Crippen MR) is 57.0 cm³/mol. The Balaban J connectivity index is 2.43. The fourth-order valence-electron chi connectivity index (χ4n) is 1.90. The number of likely N-dealkylation sites (tertiary alicyclic amines) is 1. The van der Waals surface area contributed by atoms with Gasteiger partial charge in [-0.2, -0.15) is 0 Å². The zero-order valence-corrected chi connectivity index (χ0v) is 9.44. The van der Waals surface area contributed by atoms with E-state index in [1.165, 1.54) is 12.0 Å². The fraction of sp³-hybridized carbons (Fsp3) is 0.800. The Kier molecular flexibility index (Phi) is 5.04. The number of amides is 2. The van der Waals surface area contributed by atoms with E-state index >= 15 is 0 Å². The van der Waals surface area contributed by atoms with Gasteiger partial charge in [0.05, 0.1) is 0 Å². The van der Waals surface area contributed by atoms with E-state index in [1.807, 2.05) is 0 Å². The van der Waals surface area contributed by atoms with Crippen LogP contribution in [0.25, 0.3) is 0 Å². The van der Waals surface area contributed by atoms with E-state index in [9.17, 15) is 9.59 Å². The van der Waals surface area contributed by atoms with Crippen LogP contribution in [0.5, 0.6) is 0 Å². The van der Waals surface area contributed by atoms with E-state index < -0.39 is 6.09 Å². The maximum Gasteiger partial charge on any atom is 0.407 e. The standard InChI is InChI=1S/C10H18N2O4/c1-16-7-11-9(13)6-8-4-2-3-5-12(8)10(14)15/h8H,2-7H2,1H3,(H,11,13)(H,14,15). The van der Waals surface area contributed by atoms with E-state index in [-0.39, 0.29) is 25.1 Å². The zero-order valence-electron chi connectivity index (χ0n) is 9.44. The predicted octanol–water partition coefficient (Wildman–Crippen LogP) is 0.629. The van der Waals surface area contributed by atoms with E-state index in [1.54, 1.807) is 0 Å². The zero-order chi connectivity index (χ0) is 12.0. The van der Waals surface area contributed by atoms with Gasteiger partial charge in [0.1, 0.15) is 6.73 Å². The number of hydrogen-bond donors (Lipinski definition) is 2. The van der Waals surface area contributed by atoms with Gasteiger partial charge in [0, 0.05) is 26.1 Å². The molecule has 0 aliphatic carbocycles. The van der Waals surface area contributed by atoms with E-state index in [2.05, 4.69) is 5.32 Å². The van der Waals surface area contributed by atoms with E-state index in [4.69, 9.17) is 9.84 Å². The van der Waals surface area contributed by atoms with E-state index in [0.29, 0.717) is 6.54 Å². The Morgan fingerprint density at radius 3 is 2.88 bits per heavy atom. The molecule has 0 aromatic carbocycles. The Hall–Kier alpha value is -1.30. The highest BCUT2D eigenvalue weighted by Crippen LogP contribution is 2.19. The first kappa shape index (κ1) is 12.8. The Morgan fingerprint density at radius 2 is 2.25 bits per heavy atom. The molecule has 1 aliphatic rings. The molecule has 6 nitrogen and oxygen atoms in total. The van der Waals surface area contributed by atoms with Crippen LogP contribution >= 0.6 is 0 Å². The lowest BCUT2D eigenvalue weighted by atomic mass is 9.99. The van der Waals surface area contributed by atoms with Gasteiger partial charge in [-0.05, 0) is 19.3 Å². The monoisotopic (exact) mass is 230 g/mol. The molecule has 2 amide bonds. The molecule has 2 N–H and O–H groups in total. The van der Waals surface area contributed by atoms with Gasteiger partial charge in [-0.25, -0.2) is 4.79 Å². The van der Waals surface area contributed by atoms with Gasteiger partial charge in [0.2, 0.25) is 5.91 Å². The second kappa shape index (κ2) is 6.32. The highest BCUT2D eigenvalue weighted by atomic mass is 16.5. The number of rotatable bonds is 4. The van der Waals surface area contributed by atoms with Gasteiger partial charge < -0.3 is 20.1 Å². The first-order valence-corrected chi connectivity index (χ1v) is 5.40. The first-order valence-electron chi connectivity index (χ1n) is 5.40. The van der Waals surface area contributed by atoms with Crippen LogP contribution in [-0.4, -0.2) is 48.4 Å². The fourth-order valence-corrected chi connectivity index (χ4v) is 1.90. The molecule has 1 rings (SSSR count). The summed E-state index contributed by atoms with van der Waals surface area (Å²) in [6, 6.07) is -0.192. The molecule has 6 heteroatoms. The average Bonchev–Trinajstić information content (AvgIpc) is 2.27.